The molecule has 2 heterocycles. The zero-order valence-corrected chi connectivity index (χ0v) is 11.7. The Balaban J connectivity index is 1.89. The Morgan fingerprint density at radius 2 is 2.30 bits per heavy atom. The van der Waals surface area contributed by atoms with Gasteiger partial charge in [0.2, 0.25) is 5.95 Å². The van der Waals surface area contributed by atoms with Gasteiger partial charge in [-0.2, -0.15) is 4.39 Å². The zero-order valence-electron chi connectivity index (χ0n) is 11.7. The Morgan fingerprint density at radius 1 is 1.55 bits per heavy atom. The van der Waals surface area contributed by atoms with Crippen molar-refractivity contribution in [2.45, 2.75) is 26.3 Å². The fraction of sp³-hybridized carbons (Fsp3) is 0.571. The predicted octanol–water partition coefficient (Wildman–Crippen LogP) is 1.82. The lowest BCUT2D eigenvalue weighted by molar-refractivity contribution is 0.0941. The minimum Gasteiger partial charge on any atom is -0.352 e. The average molecular weight is 283 g/mol. The monoisotopic (exact) mass is 283 g/mol. The highest BCUT2D eigenvalue weighted by atomic mass is 19.2. The second-order valence-corrected chi connectivity index (χ2v) is 5.42. The molecule has 1 aromatic heterocycles. The number of carbonyl (C=O) groups excluding carboxylic acids is 1. The molecule has 0 spiro atoms. The maximum atomic E-state index is 13.4. The number of hydrogen-bond acceptors (Lipinski definition) is 3. The highest BCUT2D eigenvalue weighted by Crippen LogP contribution is 2.18. The molecular weight excluding hydrogens is 264 g/mol. The molecule has 1 aromatic rings. The number of aromatic nitrogens is 1. The van der Waals surface area contributed by atoms with Gasteiger partial charge >= 0.3 is 0 Å². The van der Waals surface area contributed by atoms with Gasteiger partial charge in [-0.25, -0.2) is 9.37 Å². The van der Waals surface area contributed by atoms with Crippen molar-refractivity contribution in [1.29, 1.82) is 0 Å². The van der Waals surface area contributed by atoms with Crippen LogP contribution < -0.4 is 5.32 Å². The smallest absolute Gasteiger partial charge is 0.254 e. The Morgan fingerprint density at radius 3 is 2.95 bits per heavy atom. The van der Waals surface area contributed by atoms with E-state index in [9.17, 15) is 13.6 Å². The third-order valence-corrected chi connectivity index (χ3v) is 3.69. The van der Waals surface area contributed by atoms with Crippen molar-refractivity contribution < 1.29 is 13.6 Å². The average Bonchev–Trinajstić information content (AvgIpc) is 2.88. The van der Waals surface area contributed by atoms with Gasteiger partial charge in [-0.05, 0) is 38.8 Å². The van der Waals surface area contributed by atoms with Crippen molar-refractivity contribution in [3.8, 4) is 0 Å². The van der Waals surface area contributed by atoms with Crippen molar-refractivity contribution in [1.82, 2.24) is 15.2 Å². The van der Waals surface area contributed by atoms with Crippen LogP contribution in [0.1, 0.15) is 30.6 Å². The van der Waals surface area contributed by atoms with E-state index in [-0.39, 0.29) is 5.56 Å². The summed E-state index contributed by atoms with van der Waals surface area (Å²) in [6.07, 6.45) is 2.09. The number of nitrogens with zero attached hydrogens (tertiary/aromatic N) is 2. The maximum Gasteiger partial charge on any atom is 0.254 e. The fourth-order valence-corrected chi connectivity index (χ4v) is 2.42. The Bertz CT molecular complexity index is 493. The topological polar surface area (TPSA) is 45.2 Å². The van der Waals surface area contributed by atoms with Crippen LogP contribution in [0.4, 0.5) is 8.78 Å². The highest BCUT2D eigenvalue weighted by molar-refractivity contribution is 5.94. The molecule has 6 heteroatoms. The quantitative estimate of drug-likeness (QED) is 0.857. The van der Waals surface area contributed by atoms with Crippen LogP contribution in [-0.2, 0) is 0 Å². The van der Waals surface area contributed by atoms with Crippen LogP contribution in [0.15, 0.2) is 12.3 Å². The summed E-state index contributed by atoms with van der Waals surface area (Å²) in [6, 6.07) is 1.67. The van der Waals surface area contributed by atoms with Crippen molar-refractivity contribution in [3.63, 3.8) is 0 Å². The molecule has 2 rings (SSSR count). The van der Waals surface area contributed by atoms with E-state index in [0.29, 0.717) is 18.5 Å². The van der Waals surface area contributed by atoms with E-state index >= 15 is 0 Å². The number of amides is 1. The van der Waals surface area contributed by atoms with Crippen LogP contribution >= 0.6 is 0 Å². The number of hydrogen-bond donors (Lipinski definition) is 1. The molecule has 1 fully saturated rings. The third kappa shape index (κ3) is 3.30. The molecule has 0 bridgehead atoms. The molecule has 1 saturated heterocycles. The molecule has 1 N–H and O–H groups in total. The number of nitrogens with one attached hydrogen (secondary N) is 1. The lowest BCUT2D eigenvalue weighted by Gasteiger charge is -2.20. The number of pyridine rings is 1. The normalized spacial score (nSPS) is 19.6. The van der Waals surface area contributed by atoms with Crippen LogP contribution in [0.2, 0.25) is 0 Å². The predicted molar refractivity (Wildman–Crippen MR) is 71.3 cm³/mol. The first-order valence-corrected chi connectivity index (χ1v) is 6.81. The van der Waals surface area contributed by atoms with Crippen LogP contribution in [0.25, 0.3) is 0 Å². The van der Waals surface area contributed by atoms with Crippen LogP contribution in [-0.4, -0.2) is 41.5 Å². The largest absolute Gasteiger partial charge is 0.352 e. The van der Waals surface area contributed by atoms with Crippen LogP contribution in [0.3, 0.4) is 0 Å². The molecule has 0 aromatic carbocycles. The SMILES string of the molecule is CC(C)N1CCC(CNC(=O)c2ccnc(F)c2F)C1. The molecule has 0 saturated carbocycles. The minimum atomic E-state index is -1.25. The molecule has 1 atom stereocenters. The van der Waals surface area contributed by atoms with Gasteiger partial charge in [0.1, 0.15) is 0 Å². The van der Waals surface area contributed by atoms with Crippen molar-refractivity contribution in [3.05, 3.63) is 29.6 Å². The Labute approximate surface area is 117 Å². The maximum absolute atomic E-state index is 13.4. The Kier molecular flexibility index (Phi) is 4.65. The summed E-state index contributed by atoms with van der Waals surface area (Å²) in [5.41, 5.74) is -0.295. The number of rotatable bonds is 4. The number of halogens is 2. The molecule has 0 aliphatic carbocycles. The van der Waals surface area contributed by atoms with E-state index in [1.807, 2.05) is 0 Å². The van der Waals surface area contributed by atoms with E-state index in [1.165, 1.54) is 6.07 Å². The summed E-state index contributed by atoms with van der Waals surface area (Å²) >= 11 is 0. The van der Waals surface area contributed by atoms with Gasteiger partial charge in [-0.15, -0.1) is 0 Å². The first-order chi connectivity index (χ1) is 9.49. The van der Waals surface area contributed by atoms with Gasteiger partial charge in [0.25, 0.3) is 5.91 Å². The molecule has 1 aliphatic heterocycles. The minimum absolute atomic E-state index is 0.295. The molecule has 20 heavy (non-hydrogen) atoms. The van der Waals surface area contributed by atoms with E-state index < -0.39 is 17.7 Å². The standard InChI is InChI=1S/C14H19F2N3O/c1-9(2)19-6-4-10(8-19)7-18-14(20)11-3-5-17-13(16)12(11)15/h3,5,9-10H,4,6-8H2,1-2H3,(H,18,20). The summed E-state index contributed by atoms with van der Waals surface area (Å²) in [5.74, 6) is -2.67. The van der Waals surface area contributed by atoms with Gasteiger partial charge in [0.05, 0.1) is 5.56 Å². The molecular formula is C14H19F2N3O. The van der Waals surface area contributed by atoms with E-state index in [2.05, 4.69) is 29.0 Å². The van der Waals surface area contributed by atoms with Gasteiger partial charge in [-0.3, -0.25) is 4.79 Å². The third-order valence-electron chi connectivity index (χ3n) is 3.69. The summed E-state index contributed by atoms with van der Waals surface area (Å²) in [6.45, 7) is 6.68. The van der Waals surface area contributed by atoms with Gasteiger partial charge in [0.15, 0.2) is 5.82 Å². The lowest BCUT2D eigenvalue weighted by atomic mass is 10.1. The molecule has 0 radical (unpaired) electrons. The van der Waals surface area contributed by atoms with Gasteiger partial charge in [0, 0.05) is 25.3 Å². The van der Waals surface area contributed by atoms with Crippen molar-refractivity contribution in [2.24, 2.45) is 5.92 Å². The summed E-state index contributed by atoms with van der Waals surface area (Å²) in [7, 11) is 0. The molecule has 1 amide bonds. The van der Waals surface area contributed by atoms with Gasteiger partial charge < -0.3 is 10.2 Å². The Hall–Kier alpha value is -1.56. The van der Waals surface area contributed by atoms with E-state index in [0.717, 1.165) is 25.7 Å². The van der Waals surface area contributed by atoms with Gasteiger partial charge in [-0.1, -0.05) is 0 Å². The fourth-order valence-electron chi connectivity index (χ4n) is 2.42. The van der Waals surface area contributed by atoms with E-state index in [1.54, 1.807) is 0 Å². The summed E-state index contributed by atoms with van der Waals surface area (Å²) < 4.78 is 26.4. The summed E-state index contributed by atoms with van der Waals surface area (Å²) in [4.78, 5) is 17.3. The number of likely N-dealkylation sites (tertiary alicyclic amines) is 1. The first kappa shape index (κ1) is 14.8. The second-order valence-electron chi connectivity index (χ2n) is 5.42. The molecule has 110 valence electrons. The molecule has 4 nitrogen and oxygen atoms in total. The molecule has 1 aliphatic rings. The first-order valence-electron chi connectivity index (χ1n) is 6.81. The van der Waals surface area contributed by atoms with Crippen LogP contribution in [0, 0.1) is 17.7 Å². The zero-order chi connectivity index (χ0) is 14.7. The summed E-state index contributed by atoms with van der Waals surface area (Å²) in [5, 5.41) is 2.67. The molecule has 1 unspecified atom stereocenters. The van der Waals surface area contributed by atoms with Crippen molar-refractivity contribution >= 4 is 5.91 Å². The van der Waals surface area contributed by atoms with Crippen LogP contribution in [0.5, 0.6) is 0 Å². The highest BCUT2D eigenvalue weighted by Gasteiger charge is 2.25. The second kappa shape index (κ2) is 6.26. The lowest BCUT2D eigenvalue weighted by Crippen LogP contribution is -2.33. The van der Waals surface area contributed by atoms with Crippen molar-refractivity contribution in [2.75, 3.05) is 19.6 Å². The van der Waals surface area contributed by atoms with E-state index in [4.69, 9.17) is 0 Å². The number of carbonyl (C=O) groups is 1.